The van der Waals surface area contributed by atoms with E-state index in [4.69, 9.17) is 5.11 Å². The first-order valence-electron chi connectivity index (χ1n) is 11.4. The number of hydrogen-bond acceptors (Lipinski definition) is 2. The third-order valence-corrected chi connectivity index (χ3v) is 7.28. The smallest absolute Gasteiger partial charge is 0.303 e. The van der Waals surface area contributed by atoms with Crippen molar-refractivity contribution in [1.82, 2.24) is 0 Å². The molecule has 0 aromatic carbocycles. The van der Waals surface area contributed by atoms with Gasteiger partial charge in [-0.2, -0.15) is 0 Å². The maximum atomic E-state index is 12.5. The lowest BCUT2D eigenvalue weighted by Crippen LogP contribution is -2.40. The van der Waals surface area contributed by atoms with Gasteiger partial charge in [0, 0.05) is 18.2 Å². The Morgan fingerprint density at radius 2 is 1.29 bits per heavy atom. The zero-order valence-electron chi connectivity index (χ0n) is 19.0. The lowest BCUT2D eigenvalue weighted by Gasteiger charge is -2.29. The first kappa shape index (κ1) is 27.6. The number of aliphatic carboxylic acids is 1. The van der Waals surface area contributed by atoms with Gasteiger partial charge in [-0.25, -0.2) is 0 Å². The minimum Gasteiger partial charge on any atom is -0.481 e. The lowest BCUT2D eigenvalue weighted by atomic mass is 10.1. The zero-order chi connectivity index (χ0) is 21.5. The molecule has 168 valence electrons. The molecule has 1 unspecified atom stereocenters. The predicted octanol–water partition coefficient (Wildman–Crippen LogP) is 5.76. The zero-order valence-corrected chi connectivity index (χ0v) is 19.9. The van der Waals surface area contributed by atoms with E-state index in [0.29, 0.717) is 17.2 Å². The summed E-state index contributed by atoms with van der Waals surface area (Å²) >= 11 is 0. The van der Waals surface area contributed by atoms with Crippen molar-refractivity contribution in [1.29, 1.82) is 0 Å². The molecule has 0 aliphatic carbocycles. The van der Waals surface area contributed by atoms with Crippen molar-refractivity contribution < 1.29 is 23.8 Å². The number of quaternary nitrogens is 1. The van der Waals surface area contributed by atoms with E-state index in [1.54, 1.807) is 0 Å². The molecule has 0 aliphatic rings. The van der Waals surface area contributed by atoms with E-state index < -0.39 is 13.3 Å². The van der Waals surface area contributed by atoms with Gasteiger partial charge in [-0.1, -0.05) is 77.6 Å². The first-order chi connectivity index (χ1) is 13.1. The SMILES string of the molecule is CCCCCCCCCCCCCCP(=O)(O)C[C@H](CC(=O)O)C[N+](C)(C)C. The van der Waals surface area contributed by atoms with Crippen molar-refractivity contribution in [3.63, 3.8) is 0 Å². The Kier molecular flexibility index (Phi) is 15.2. The molecule has 5 nitrogen and oxygen atoms in total. The van der Waals surface area contributed by atoms with Gasteiger partial charge in [0.1, 0.15) is 0 Å². The molecule has 6 heteroatoms. The first-order valence-corrected chi connectivity index (χ1v) is 13.4. The van der Waals surface area contributed by atoms with Gasteiger partial charge >= 0.3 is 5.97 Å². The fourth-order valence-electron chi connectivity index (χ4n) is 3.90. The van der Waals surface area contributed by atoms with Crippen LogP contribution in [0.25, 0.3) is 0 Å². The van der Waals surface area contributed by atoms with Crippen molar-refractivity contribution in [3.05, 3.63) is 0 Å². The molecule has 0 rings (SSSR count). The van der Waals surface area contributed by atoms with E-state index in [-0.39, 0.29) is 18.5 Å². The Morgan fingerprint density at radius 1 is 0.857 bits per heavy atom. The molecule has 0 radical (unpaired) electrons. The second kappa shape index (κ2) is 15.5. The van der Waals surface area contributed by atoms with Crippen molar-refractivity contribution in [2.75, 3.05) is 40.0 Å². The fourth-order valence-corrected chi connectivity index (χ4v) is 5.85. The molecule has 0 aliphatic heterocycles. The number of unbranched alkanes of at least 4 members (excludes halogenated alkanes) is 11. The maximum absolute atomic E-state index is 12.5. The molecule has 0 fully saturated rings. The summed E-state index contributed by atoms with van der Waals surface area (Å²) in [6.07, 6.45) is 15.2. The average molecular weight is 421 g/mol. The van der Waals surface area contributed by atoms with Crippen molar-refractivity contribution in [3.8, 4) is 0 Å². The highest BCUT2D eigenvalue weighted by atomic mass is 31.2. The molecule has 0 heterocycles. The van der Waals surface area contributed by atoms with E-state index in [0.717, 1.165) is 19.3 Å². The highest BCUT2D eigenvalue weighted by Crippen LogP contribution is 2.44. The second-order valence-electron chi connectivity index (χ2n) is 9.58. The van der Waals surface area contributed by atoms with Gasteiger partial charge in [0.15, 0.2) is 0 Å². The van der Waals surface area contributed by atoms with E-state index in [1.807, 2.05) is 21.1 Å². The van der Waals surface area contributed by atoms with Gasteiger partial charge in [-0.3, -0.25) is 9.36 Å². The topological polar surface area (TPSA) is 74.6 Å². The molecular weight excluding hydrogens is 373 g/mol. The van der Waals surface area contributed by atoms with Crippen LogP contribution in [0.2, 0.25) is 0 Å². The Balaban J connectivity index is 3.88. The molecule has 2 atom stereocenters. The number of nitrogens with zero attached hydrogens (tertiary/aromatic N) is 1. The number of carbonyl (C=O) groups is 1. The van der Waals surface area contributed by atoms with Crippen LogP contribution in [0, 0.1) is 5.92 Å². The molecule has 28 heavy (non-hydrogen) atoms. The van der Waals surface area contributed by atoms with Crippen LogP contribution in [0.4, 0.5) is 0 Å². The molecule has 0 saturated carbocycles. The summed E-state index contributed by atoms with van der Waals surface area (Å²) in [5, 5.41) is 9.09. The Labute approximate surface area is 173 Å². The average Bonchev–Trinajstić information content (AvgIpc) is 2.53. The van der Waals surface area contributed by atoms with Gasteiger partial charge in [0.2, 0.25) is 7.37 Å². The van der Waals surface area contributed by atoms with Crippen LogP contribution in [0.5, 0.6) is 0 Å². The van der Waals surface area contributed by atoms with Crippen LogP contribution < -0.4 is 0 Å². The van der Waals surface area contributed by atoms with Crippen LogP contribution in [0.3, 0.4) is 0 Å². The number of hydrogen-bond donors (Lipinski definition) is 2. The molecule has 0 amide bonds. The minimum atomic E-state index is -3.24. The standard InChI is InChI=1S/C22H46NO4P/c1-5-6-7-8-9-10-11-12-13-14-15-16-17-28(26,27)20-21(18-22(24)25)19-23(2,3)4/h21H,5-20H2,1-4H3,(H-,24,25,26,27)/p+1/t21-/m1/s1. The predicted molar refractivity (Wildman–Crippen MR) is 119 cm³/mol. The summed E-state index contributed by atoms with van der Waals surface area (Å²) in [6.45, 7) is 2.85. The van der Waals surface area contributed by atoms with Gasteiger partial charge in [0.25, 0.3) is 0 Å². The summed E-state index contributed by atoms with van der Waals surface area (Å²) in [5.74, 6) is -1.13. The summed E-state index contributed by atoms with van der Waals surface area (Å²) < 4.78 is 13.1. The van der Waals surface area contributed by atoms with Gasteiger partial charge < -0.3 is 14.5 Å². The van der Waals surface area contributed by atoms with Crippen molar-refractivity contribution >= 4 is 13.3 Å². The third-order valence-electron chi connectivity index (χ3n) is 5.17. The maximum Gasteiger partial charge on any atom is 0.303 e. The van der Waals surface area contributed by atoms with Crippen LogP contribution in [0.1, 0.15) is 90.4 Å². The highest BCUT2D eigenvalue weighted by molar-refractivity contribution is 7.58. The van der Waals surface area contributed by atoms with Crippen LogP contribution in [-0.4, -0.2) is 60.5 Å². The number of rotatable bonds is 19. The third kappa shape index (κ3) is 19.0. The summed E-state index contributed by atoms with van der Waals surface area (Å²) in [5.41, 5.74) is 0. The monoisotopic (exact) mass is 420 g/mol. The molecular formula is C22H47NO4P+. The van der Waals surface area contributed by atoms with E-state index >= 15 is 0 Å². The van der Waals surface area contributed by atoms with Gasteiger partial charge in [-0.05, 0) is 6.42 Å². The van der Waals surface area contributed by atoms with E-state index in [2.05, 4.69) is 6.92 Å². The van der Waals surface area contributed by atoms with Crippen molar-refractivity contribution in [2.45, 2.75) is 90.4 Å². The second-order valence-corrected chi connectivity index (χ2v) is 12.1. The molecule has 2 N–H and O–H groups in total. The number of carboxylic acids is 1. The normalized spacial score (nSPS) is 15.3. The van der Waals surface area contributed by atoms with Gasteiger partial charge in [0.05, 0.1) is 34.1 Å². The quantitative estimate of drug-likeness (QED) is 0.158. The molecule has 0 saturated heterocycles. The fraction of sp³-hybridized carbons (Fsp3) is 0.955. The lowest BCUT2D eigenvalue weighted by molar-refractivity contribution is -0.873. The molecule has 0 spiro atoms. The Morgan fingerprint density at radius 3 is 1.68 bits per heavy atom. The minimum absolute atomic E-state index is 0.0293. The van der Waals surface area contributed by atoms with Crippen LogP contribution >= 0.6 is 7.37 Å². The van der Waals surface area contributed by atoms with E-state index in [9.17, 15) is 14.3 Å². The van der Waals surface area contributed by atoms with Crippen LogP contribution in [-0.2, 0) is 9.36 Å². The van der Waals surface area contributed by atoms with Crippen LogP contribution in [0.15, 0.2) is 0 Å². The largest absolute Gasteiger partial charge is 0.481 e. The Hall–Kier alpha value is -0.380. The Bertz CT molecular complexity index is 448. The summed E-state index contributed by atoms with van der Waals surface area (Å²) in [4.78, 5) is 21.4. The molecule has 0 aromatic rings. The summed E-state index contributed by atoms with van der Waals surface area (Å²) in [7, 11) is 2.72. The highest BCUT2D eigenvalue weighted by Gasteiger charge is 2.29. The van der Waals surface area contributed by atoms with Crippen molar-refractivity contribution in [2.24, 2.45) is 5.92 Å². The summed E-state index contributed by atoms with van der Waals surface area (Å²) in [6, 6.07) is 0. The molecule has 0 aromatic heterocycles. The van der Waals surface area contributed by atoms with E-state index in [1.165, 1.54) is 57.8 Å². The number of carboxylic acid groups (broad SMARTS) is 1. The molecule has 0 bridgehead atoms. The van der Waals surface area contributed by atoms with Gasteiger partial charge in [-0.15, -0.1) is 0 Å².